The summed E-state index contributed by atoms with van der Waals surface area (Å²) in [6, 6.07) is 3.91. The molecular formula is C14H19ClF3N4OSi+. The number of hydrogen-bond donors (Lipinski definition) is 1. The Kier molecular flexibility index (Phi) is 5.66. The maximum Gasteiger partial charge on any atom is 0.501 e. The highest BCUT2D eigenvalue weighted by Gasteiger charge is 2.46. The van der Waals surface area contributed by atoms with E-state index >= 15 is 0 Å². The zero-order valence-corrected chi connectivity index (χ0v) is 15.4. The van der Waals surface area contributed by atoms with Crippen molar-refractivity contribution in [2.45, 2.75) is 38.6 Å². The van der Waals surface area contributed by atoms with Gasteiger partial charge in [0.1, 0.15) is 5.15 Å². The molecule has 0 aliphatic rings. The predicted molar refractivity (Wildman–Crippen MR) is 86.1 cm³/mol. The SMILES string of the molecule is C[Si](C)(C)CCOC[n+]1[nH]c(-c2ccc(Cl)nc2)nc1C(F)(F)F. The Morgan fingerprint density at radius 2 is 2.00 bits per heavy atom. The summed E-state index contributed by atoms with van der Waals surface area (Å²) in [7, 11) is -1.30. The minimum Gasteiger partial charge on any atom is -0.341 e. The Morgan fingerprint density at radius 3 is 2.54 bits per heavy atom. The Hall–Kier alpha value is -1.45. The molecule has 2 aromatic heterocycles. The molecule has 0 aliphatic heterocycles. The van der Waals surface area contributed by atoms with Crippen LogP contribution in [0.15, 0.2) is 18.3 Å². The zero-order valence-electron chi connectivity index (χ0n) is 13.6. The standard InChI is InChI=1S/C14H18ClF3N4OSi/c1-24(2,3)7-6-23-9-22-13(14(16,17)18)20-12(21-22)10-4-5-11(15)19-8-10/h4-5,8H,6-7,9H2,1-3H3/p+1. The first kappa shape index (κ1) is 18.9. The molecule has 0 fully saturated rings. The second-order valence-corrected chi connectivity index (χ2v) is 12.5. The van der Waals surface area contributed by atoms with Gasteiger partial charge in [0, 0.05) is 20.9 Å². The number of nitrogens with one attached hydrogen (secondary N) is 1. The van der Waals surface area contributed by atoms with E-state index in [-0.39, 0.29) is 17.7 Å². The molecule has 0 saturated carbocycles. The Morgan fingerprint density at radius 1 is 1.29 bits per heavy atom. The number of H-pyrrole nitrogens is 1. The first-order valence-corrected chi connectivity index (χ1v) is 11.4. The van der Waals surface area contributed by atoms with Gasteiger partial charge >= 0.3 is 12.0 Å². The van der Waals surface area contributed by atoms with Gasteiger partial charge in [0.05, 0.1) is 5.56 Å². The van der Waals surface area contributed by atoms with Crippen LogP contribution in [0.3, 0.4) is 0 Å². The maximum absolute atomic E-state index is 13.2. The number of nitrogens with zero attached hydrogens (tertiary/aromatic N) is 3. The van der Waals surface area contributed by atoms with Gasteiger partial charge in [-0.25, -0.2) is 4.98 Å². The van der Waals surface area contributed by atoms with E-state index in [4.69, 9.17) is 16.3 Å². The topological polar surface area (TPSA) is 54.7 Å². The van der Waals surface area contributed by atoms with Gasteiger partial charge < -0.3 is 4.74 Å². The Balaban J connectivity index is 2.18. The third kappa shape index (κ3) is 5.28. The molecule has 10 heteroatoms. The largest absolute Gasteiger partial charge is 0.501 e. The zero-order chi connectivity index (χ0) is 18.0. The van der Waals surface area contributed by atoms with E-state index in [1.54, 1.807) is 6.07 Å². The van der Waals surface area contributed by atoms with Crippen LogP contribution in [0, 0.1) is 0 Å². The highest BCUT2D eigenvalue weighted by molar-refractivity contribution is 6.76. The quantitative estimate of drug-likeness (QED) is 0.360. The number of pyridine rings is 1. The molecular weight excluding hydrogens is 361 g/mol. The van der Waals surface area contributed by atoms with Gasteiger partial charge in [-0.2, -0.15) is 18.3 Å². The van der Waals surface area contributed by atoms with Gasteiger partial charge in [-0.3, -0.25) is 0 Å². The molecule has 1 N–H and O–H groups in total. The summed E-state index contributed by atoms with van der Waals surface area (Å²) < 4.78 is 45.7. The predicted octanol–water partition coefficient (Wildman–Crippen LogP) is 3.74. The van der Waals surface area contributed by atoms with E-state index in [1.165, 1.54) is 12.3 Å². The lowest BCUT2D eigenvalue weighted by molar-refractivity contribution is -0.796. The lowest BCUT2D eigenvalue weighted by Gasteiger charge is -2.14. The van der Waals surface area contributed by atoms with E-state index in [9.17, 15) is 13.2 Å². The van der Waals surface area contributed by atoms with Crippen LogP contribution >= 0.6 is 11.6 Å². The van der Waals surface area contributed by atoms with E-state index < -0.39 is 20.1 Å². The van der Waals surface area contributed by atoms with Crippen molar-refractivity contribution in [1.82, 2.24) is 15.1 Å². The van der Waals surface area contributed by atoms with Crippen molar-refractivity contribution < 1.29 is 22.6 Å². The molecule has 0 aromatic carbocycles. The summed E-state index contributed by atoms with van der Waals surface area (Å²) in [5.74, 6) is -0.985. The number of ether oxygens (including phenoxy) is 1. The number of halogens is 4. The van der Waals surface area contributed by atoms with Crippen LogP contribution in [0.2, 0.25) is 30.8 Å². The van der Waals surface area contributed by atoms with Crippen molar-refractivity contribution >= 4 is 19.7 Å². The molecule has 0 saturated heterocycles. The number of aromatic nitrogens is 4. The number of rotatable bonds is 6. The molecule has 2 rings (SSSR count). The molecule has 2 aromatic rings. The molecule has 0 radical (unpaired) electrons. The van der Waals surface area contributed by atoms with E-state index in [1.807, 2.05) is 0 Å². The van der Waals surface area contributed by atoms with Crippen LogP contribution in [-0.4, -0.2) is 29.7 Å². The van der Waals surface area contributed by atoms with Crippen LogP contribution in [0.5, 0.6) is 0 Å². The Bertz CT molecular complexity index is 683. The summed E-state index contributed by atoms with van der Waals surface area (Å²) in [4.78, 5) is 7.48. The van der Waals surface area contributed by atoms with Crippen molar-refractivity contribution in [1.29, 1.82) is 0 Å². The average Bonchev–Trinajstić information content (AvgIpc) is 2.88. The van der Waals surface area contributed by atoms with Crippen molar-refractivity contribution in [2.24, 2.45) is 0 Å². The molecule has 132 valence electrons. The molecule has 0 spiro atoms. The second kappa shape index (κ2) is 7.20. The van der Waals surface area contributed by atoms with Crippen LogP contribution in [0.4, 0.5) is 13.2 Å². The van der Waals surface area contributed by atoms with Crippen LogP contribution in [-0.2, 0) is 17.6 Å². The van der Waals surface area contributed by atoms with Crippen LogP contribution < -0.4 is 4.68 Å². The normalized spacial score (nSPS) is 12.6. The lowest BCUT2D eigenvalue weighted by Crippen LogP contribution is -2.44. The minimum absolute atomic E-state index is 0.0558. The third-order valence-corrected chi connectivity index (χ3v) is 5.11. The molecule has 5 nitrogen and oxygen atoms in total. The molecule has 0 amide bonds. The molecule has 2 heterocycles. The highest BCUT2D eigenvalue weighted by Crippen LogP contribution is 2.27. The number of aromatic amines is 1. The summed E-state index contributed by atoms with van der Waals surface area (Å²) >= 11 is 5.69. The van der Waals surface area contributed by atoms with Gasteiger partial charge in [0.15, 0.2) is 0 Å². The Labute approximate surface area is 143 Å². The van der Waals surface area contributed by atoms with Crippen molar-refractivity contribution in [3.05, 3.63) is 29.3 Å². The lowest BCUT2D eigenvalue weighted by atomic mass is 10.3. The fraction of sp³-hybridized carbons (Fsp3) is 0.500. The van der Waals surface area contributed by atoms with Gasteiger partial charge in [-0.1, -0.05) is 31.2 Å². The maximum atomic E-state index is 13.2. The van der Waals surface area contributed by atoms with Gasteiger partial charge in [0.2, 0.25) is 6.73 Å². The highest BCUT2D eigenvalue weighted by atomic mass is 35.5. The van der Waals surface area contributed by atoms with E-state index in [0.717, 1.165) is 10.7 Å². The van der Waals surface area contributed by atoms with Crippen molar-refractivity contribution in [3.8, 4) is 11.4 Å². The second-order valence-electron chi connectivity index (χ2n) is 6.54. The molecule has 0 atom stereocenters. The smallest absolute Gasteiger partial charge is 0.341 e. The summed E-state index contributed by atoms with van der Waals surface area (Å²) in [5, 5.41) is 2.86. The summed E-state index contributed by atoms with van der Waals surface area (Å²) in [6.45, 7) is 6.69. The molecule has 24 heavy (non-hydrogen) atoms. The average molecular weight is 380 g/mol. The number of hydrogen-bond acceptors (Lipinski definition) is 3. The van der Waals surface area contributed by atoms with Crippen molar-refractivity contribution in [3.63, 3.8) is 0 Å². The van der Waals surface area contributed by atoms with E-state index in [2.05, 4.69) is 34.7 Å². The van der Waals surface area contributed by atoms with Crippen LogP contribution in [0.25, 0.3) is 11.4 Å². The van der Waals surface area contributed by atoms with Crippen LogP contribution in [0.1, 0.15) is 5.82 Å². The van der Waals surface area contributed by atoms with E-state index in [0.29, 0.717) is 12.2 Å². The molecule has 0 unspecified atom stereocenters. The van der Waals surface area contributed by atoms with Gasteiger partial charge in [-0.15, -0.1) is 4.68 Å². The van der Waals surface area contributed by atoms with Gasteiger partial charge in [-0.05, 0) is 23.2 Å². The summed E-state index contributed by atoms with van der Waals surface area (Å²) in [6.07, 6.45) is -3.23. The summed E-state index contributed by atoms with van der Waals surface area (Å²) in [5.41, 5.74) is 0.408. The first-order valence-electron chi connectivity index (χ1n) is 7.33. The fourth-order valence-electron chi connectivity index (χ4n) is 1.86. The number of alkyl halides is 3. The molecule has 0 bridgehead atoms. The van der Waals surface area contributed by atoms with Gasteiger partial charge in [0.25, 0.3) is 5.82 Å². The first-order chi connectivity index (χ1) is 11.1. The minimum atomic E-state index is -4.59. The molecule has 0 aliphatic carbocycles. The van der Waals surface area contributed by atoms with Crippen molar-refractivity contribution in [2.75, 3.05) is 6.61 Å². The monoisotopic (exact) mass is 379 g/mol. The fourth-order valence-corrected chi connectivity index (χ4v) is 2.73. The third-order valence-electron chi connectivity index (χ3n) is 3.19.